The van der Waals surface area contributed by atoms with Gasteiger partial charge in [-0.2, -0.15) is 39.5 Å². The van der Waals surface area contributed by atoms with Crippen LogP contribution in [0.2, 0.25) is 0 Å². The molecule has 2 aromatic heterocycles. The van der Waals surface area contributed by atoms with E-state index in [4.69, 9.17) is 39.4 Å². The first kappa shape index (κ1) is 42.8. The smallest absolute Gasteiger partial charge is 0.490 e. The summed E-state index contributed by atoms with van der Waals surface area (Å²) in [6.45, 7) is 7.56. The van der Waals surface area contributed by atoms with Crippen molar-refractivity contribution in [3.8, 4) is 17.0 Å². The molecular weight excluding hydrogens is 731 g/mol. The van der Waals surface area contributed by atoms with Gasteiger partial charge in [-0.05, 0) is 63.2 Å². The van der Waals surface area contributed by atoms with Crippen LogP contribution in [0.15, 0.2) is 42.6 Å². The zero-order valence-corrected chi connectivity index (χ0v) is 27.9. The topological polar surface area (TPSA) is 145 Å². The fraction of sp³-hybridized carbons (Fsp3) is 0.467. The number of likely N-dealkylation sites (N-methyl/N-ethyl adjacent to an activating group) is 1. The lowest BCUT2D eigenvalue weighted by atomic mass is 9.83. The summed E-state index contributed by atoms with van der Waals surface area (Å²) >= 11 is 1.92. The molecule has 0 radical (unpaired) electrons. The van der Waals surface area contributed by atoms with E-state index in [1.807, 2.05) is 23.5 Å². The first-order valence-corrected chi connectivity index (χ1v) is 15.3. The zero-order valence-electron chi connectivity index (χ0n) is 27.1. The highest BCUT2D eigenvalue weighted by atomic mass is 32.1. The quantitative estimate of drug-likeness (QED) is 0.260. The van der Waals surface area contributed by atoms with Crippen molar-refractivity contribution < 1.29 is 74.0 Å². The van der Waals surface area contributed by atoms with E-state index in [1.54, 1.807) is 7.11 Å². The molecule has 1 saturated heterocycles. The summed E-state index contributed by atoms with van der Waals surface area (Å²) in [6.07, 6.45) is -10.9. The molecule has 0 amide bonds. The number of thiophene rings is 1. The number of aryl methyl sites for hydroxylation is 1. The number of carboxylic acid groups (broad SMARTS) is 3. The largest absolute Gasteiger partial charge is 0.497 e. The summed E-state index contributed by atoms with van der Waals surface area (Å²) in [5, 5.41) is 21.4. The van der Waals surface area contributed by atoms with Crippen molar-refractivity contribution in [3.63, 3.8) is 0 Å². The van der Waals surface area contributed by atoms with E-state index in [1.165, 1.54) is 26.8 Å². The number of carboxylic acids is 3. The maximum atomic E-state index is 10.6. The number of likely N-dealkylation sites (tertiary alicyclic amines) is 1. The Morgan fingerprint density at radius 1 is 0.804 bits per heavy atom. The molecule has 3 aromatic rings. The average molecular weight is 765 g/mol. The number of alkyl halides is 9. The van der Waals surface area contributed by atoms with Crippen LogP contribution in [0.4, 0.5) is 39.5 Å². The van der Waals surface area contributed by atoms with Crippen LogP contribution < -0.4 is 4.74 Å². The highest BCUT2D eigenvalue weighted by Crippen LogP contribution is 2.42. The number of methoxy groups -OCH3 is 1. The van der Waals surface area contributed by atoms with Crippen LogP contribution >= 0.6 is 11.3 Å². The number of carbonyl (C=O) groups is 3. The summed E-state index contributed by atoms with van der Waals surface area (Å²) in [4.78, 5) is 39.7. The molecule has 0 bridgehead atoms. The molecule has 21 heteroatoms. The highest BCUT2D eigenvalue weighted by Gasteiger charge is 2.46. The molecule has 0 aliphatic carbocycles. The van der Waals surface area contributed by atoms with E-state index in [9.17, 15) is 39.5 Å². The zero-order chi connectivity index (χ0) is 38.9. The van der Waals surface area contributed by atoms with Gasteiger partial charge in [-0.15, -0.1) is 11.3 Å². The second kappa shape index (κ2) is 17.2. The van der Waals surface area contributed by atoms with Gasteiger partial charge in [0.15, 0.2) is 0 Å². The number of nitrogens with zero attached hydrogens (tertiary/aromatic N) is 4. The molecular formula is C30H33F9N4O7S. The van der Waals surface area contributed by atoms with Crippen LogP contribution in [0.5, 0.6) is 5.75 Å². The minimum atomic E-state index is -5.08. The molecule has 0 atom stereocenters. The van der Waals surface area contributed by atoms with Crippen LogP contribution in [-0.2, 0) is 33.0 Å². The van der Waals surface area contributed by atoms with Crippen molar-refractivity contribution in [1.29, 1.82) is 0 Å². The molecule has 51 heavy (non-hydrogen) atoms. The Labute approximate surface area is 288 Å². The van der Waals surface area contributed by atoms with Crippen LogP contribution in [0, 0.1) is 6.92 Å². The number of hydrogen-bond donors (Lipinski definition) is 3. The Hall–Kier alpha value is -4.37. The minimum Gasteiger partial charge on any atom is -0.497 e. The summed E-state index contributed by atoms with van der Waals surface area (Å²) < 4.78 is 103. The Balaban J connectivity index is 0.000000352. The fourth-order valence-corrected chi connectivity index (χ4v) is 6.01. The maximum Gasteiger partial charge on any atom is 0.490 e. The lowest BCUT2D eigenvalue weighted by Gasteiger charge is -2.49. The maximum absolute atomic E-state index is 10.6. The summed E-state index contributed by atoms with van der Waals surface area (Å²) in [6, 6.07) is 12.9. The van der Waals surface area contributed by atoms with E-state index in [0.717, 1.165) is 51.3 Å². The van der Waals surface area contributed by atoms with Gasteiger partial charge in [0.25, 0.3) is 0 Å². The number of halogens is 9. The van der Waals surface area contributed by atoms with Crippen molar-refractivity contribution >= 4 is 29.2 Å². The van der Waals surface area contributed by atoms with Crippen molar-refractivity contribution in [2.24, 2.45) is 0 Å². The van der Waals surface area contributed by atoms with E-state index < -0.39 is 36.4 Å². The Kier molecular flexibility index (Phi) is 14.5. The number of aliphatic carboxylic acids is 3. The molecule has 1 aromatic carbocycles. The van der Waals surface area contributed by atoms with Crippen LogP contribution in [0.1, 0.15) is 28.4 Å². The van der Waals surface area contributed by atoms with Crippen molar-refractivity contribution in [1.82, 2.24) is 19.4 Å². The van der Waals surface area contributed by atoms with Gasteiger partial charge in [0, 0.05) is 48.0 Å². The number of ether oxygens (including phenoxy) is 1. The second-order valence-corrected chi connectivity index (χ2v) is 12.4. The Morgan fingerprint density at radius 2 is 1.27 bits per heavy atom. The van der Waals surface area contributed by atoms with Crippen molar-refractivity contribution in [3.05, 3.63) is 58.2 Å². The van der Waals surface area contributed by atoms with Crippen molar-refractivity contribution in [2.75, 3.05) is 33.8 Å². The Morgan fingerprint density at radius 3 is 1.67 bits per heavy atom. The van der Waals surface area contributed by atoms with E-state index >= 15 is 0 Å². The molecule has 284 valence electrons. The number of piperidine rings is 1. The first-order valence-electron chi connectivity index (χ1n) is 14.5. The van der Waals surface area contributed by atoms with Gasteiger partial charge in [0.2, 0.25) is 0 Å². The monoisotopic (exact) mass is 764 g/mol. The minimum absolute atomic E-state index is 0.0465. The predicted molar refractivity (Wildman–Crippen MR) is 163 cm³/mol. The van der Waals surface area contributed by atoms with Gasteiger partial charge in [0.1, 0.15) is 11.6 Å². The van der Waals surface area contributed by atoms with Crippen LogP contribution in [0.25, 0.3) is 11.3 Å². The molecule has 3 N–H and O–H groups in total. The number of imidazole rings is 1. The van der Waals surface area contributed by atoms with Crippen LogP contribution in [0.3, 0.4) is 0 Å². The third kappa shape index (κ3) is 12.1. The van der Waals surface area contributed by atoms with Gasteiger partial charge >= 0.3 is 36.4 Å². The lowest BCUT2D eigenvalue weighted by Crippen LogP contribution is -2.56. The third-order valence-electron chi connectivity index (χ3n) is 7.63. The highest BCUT2D eigenvalue weighted by molar-refractivity contribution is 7.11. The average Bonchev–Trinajstić information content (AvgIpc) is 3.66. The van der Waals surface area contributed by atoms with Crippen LogP contribution in [-0.4, -0.2) is 105 Å². The van der Waals surface area contributed by atoms with Gasteiger partial charge in [-0.1, -0.05) is 0 Å². The molecule has 0 saturated carbocycles. The van der Waals surface area contributed by atoms with E-state index in [0.29, 0.717) is 0 Å². The number of benzene rings is 1. The molecule has 1 spiro atoms. The number of aromatic nitrogens is 2. The molecule has 2 aliphatic heterocycles. The van der Waals surface area contributed by atoms with Gasteiger partial charge < -0.3 is 24.6 Å². The first-order chi connectivity index (χ1) is 23.4. The molecule has 5 rings (SSSR count). The van der Waals surface area contributed by atoms with Crippen molar-refractivity contribution in [2.45, 2.75) is 56.9 Å². The summed E-state index contributed by atoms with van der Waals surface area (Å²) in [5.41, 5.74) is 2.47. The van der Waals surface area contributed by atoms with Gasteiger partial charge in [0.05, 0.1) is 24.5 Å². The molecule has 1 fully saturated rings. The van der Waals surface area contributed by atoms with E-state index in [2.05, 4.69) is 58.8 Å². The number of hydrogen-bond acceptors (Lipinski definition) is 8. The third-order valence-corrected chi connectivity index (χ3v) is 8.62. The number of rotatable bonds is 4. The Bertz CT molecular complexity index is 1560. The normalized spacial score (nSPS) is 15.9. The molecule has 11 nitrogen and oxygen atoms in total. The van der Waals surface area contributed by atoms with Gasteiger partial charge in [-0.25, -0.2) is 19.4 Å². The molecule has 2 aliphatic rings. The molecule has 4 heterocycles. The summed E-state index contributed by atoms with van der Waals surface area (Å²) in [5.74, 6) is -6.14. The predicted octanol–water partition coefficient (Wildman–Crippen LogP) is 6.27. The molecule has 0 unspecified atom stereocenters. The lowest BCUT2D eigenvalue weighted by molar-refractivity contribution is -0.193. The second-order valence-electron chi connectivity index (χ2n) is 11.0. The summed E-state index contributed by atoms with van der Waals surface area (Å²) in [7, 11) is 3.99. The fourth-order valence-electron chi connectivity index (χ4n) is 5.08. The van der Waals surface area contributed by atoms with Gasteiger partial charge in [-0.3, -0.25) is 9.80 Å². The SMILES string of the molecule is COc1ccc(-c2cnc3n2CCN(C)C32CCN(Cc3ccc(C)s3)CC2)cc1.O=C(O)C(F)(F)F.O=C(O)C(F)(F)F.O=C(O)C(F)(F)F. The standard InChI is InChI=1S/C24H30N4OS.3C2HF3O2/c1-18-4-9-21(30-18)17-27-12-10-24(11-13-27)23-25-16-22(28(23)15-14-26(24)2)19-5-7-20(29-3)8-6-19;3*3-2(4,5)1(6)7/h4-9,16H,10-15,17H2,1-3H3;3*(H,6,7). The number of fused-ring (bicyclic) bond motifs is 2. The van der Waals surface area contributed by atoms with E-state index in [-0.39, 0.29) is 5.54 Å².